The molecule has 0 aliphatic heterocycles. The summed E-state index contributed by atoms with van der Waals surface area (Å²) < 4.78 is 4.68. The molecule has 0 unspecified atom stereocenters. The van der Waals surface area contributed by atoms with Crippen molar-refractivity contribution < 1.29 is 19.1 Å². The summed E-state index contributed by atoms with van der Waals surface area (Å²) >= 11 is 0. The number of nitrogens with one attached hydrogen (secondary N) is 2. The summed E-state index contributed by atoms with van der Waals surface area (Å²) in [6.45, 7) is 0. The van der Waals surface area contributed by atoms with Gasteiger partial charge in [-0.3, -0.25) is 14.6 Å². The normalized spacial score (nSPS) is 11.5. The van der Waals surface area contributed by atoms with E-state index in [0.717, 1.165) is 0 Å². The quantitative estimate of drug-likeness (QED) is 0.579. The fourth-order valence-corrected chi connectivity index (χ4v) is 1.90. The number of rotatable bonds is 6. The third-order valence-corrected chi connectivity index (χ3v) is 2.99. The Bertz CT molecular complexity index is 669. The van der Waals surface area contributed by atoms with Crippen LogP contribution in [0.2, 0.25) is 0 Å². The van der Waals surface area contributed by atoms with E-state index in [2.05, 4.69) is 25.0 Å². The molecule has 0 radical (unpaired) electrons. The fraction of sp³-hybridized carbons (Fsp3) is 0.214. The van der Waals surface area contributed by atoms with Crippen molar-refractivity contribution in [1.29, 1.82) is 0 Å². The number of aromatic amines is 1. The molecule has 0 aromatic carbocycles. The average Bonchev–Trinajstić information content (AvgIpc) is 3.06. The zero-order chi connectivity index (χ0) is 15.9. The highest BCUT2D eigenvalue weighted by Crippen LogP contribution is 2.07. The number of methoxy groups -OCH3 is 1. The van der Waals surface area contributed by atoms with Crippen LogP contribution in [0, 0.1) is 0 Å². The Labute approximate surface area is 125 Å². The number of imidazole rings is 1. The zero-order valence-electron chi connectivity index (χ0n) is 11.8. The molecule has 2 rings (SSSR count). The highest BCUT2D eigenvalue weighted by Gasteiger charge is 2.24. The molecule has 1 atom stereocenters. The van der Waals surface area contributed by atoms with Crippen molar-refractivity contribution in [2.24, 2.45) is 0 Å². The lowest BCUT2D eigenvalue weighted by Gasteiger charge is -2.16. The number of pyridine rings is 1. The number of H-pyrrole nitrogens is 1. The molecule has 0 bridgehead atoms. The Kier molecular flexibility index (Phi) is 4.97. The van der Waals surface area contributed by atoms with E-state index in [0.29, 0.717) is 12.0 Å². The minimum absolute atomic E-state index is 0.142. The molecule has 0 saturated heterocycles. The standard InChI is InChI=1S/C14H14N4O4/c1-22-14(21)12(4-10-6-16-8-17-10)18-13(20)11-2-3-15-5-9(11)7-19/h2-3,5-8,12H,4H2,1H3,(H,16,17)(H,18,20)/t12-/m1/s1. The summed E-state index contributed by atoms with van der Waals surface area (Å²) in [4.78, 5) is 45.5. The molecule has 114 valence electrons. The van der Waals surface area contributed by atoms with Crippen LogP contribution < -0.4 is 5.32 Å². The SMILES string of the molecule is COC(=O)[C@@H](Cc1cnc[nH]1)NC(=O)c1ccncc1C=O. The number of aromatic nitrogens is 3. The van der Waals surface area contributed by atoms with Gasteiger partial charge in [0.25, 0.3) is 5.91 Å². The van der Waals surface area contributed by atoms with Gasteiger partial charge in [0.15, 0.2) is 6.29 Å². The van der Waals surface area contributed by atoms with Gasteiger partial charge in [-0.2, -0.15) is 0 Å². The summed E-state index contributed by atoms with van der Waals surface area (Å²) in [5.41, 5.74) is 0.953. The van der Waals surface area contributed by atoms with Crippen LogP contribution in [0.5, 0.6) is 0 Å². The molecule has 0 fully saturated rings. The molecular formula is C14H14N4O4. The van der Waals surface area contributed by atoms with E-state index in [4.69, 9.17) is 0 Å². The lowest BCUT2D eigenvalue weighted by molar-refractivity contribution is -0.142. The largest absolute Gasteiger partial charge is 0.467 e. The molecule has 0 spiro atoms. The number of hydrogen-bond acceptors (Lipinski definition) is 6. The number of esters is 1. The Morgan fingerprint density at radius 3 is 2.86 bits per heavy atom. The van der Waals surface area contributed by atoms with Crippen molar-refractivity contribution in [3.63, 3.8) is 0 Å². The van der Waals surface area contributed by atoms with E-state index >= 15 is 0 Å². The van der Waals surface area contributed by atoms with E-state index in [-0.39, 0.29) is 17.5 Å². The number of aldehydes is 1. The van der Waals surface area contributed by atoms with E-state index < -0.39 is 17.9 Å². The first-order chi connectivity index (χ1) is 10.7. The number of carbonyl (C=O) groups excluding carboxylic acids is 3. The van der Waals surface area contributed by atoms with Crippen LogP contribution in [0.15, 0.2) is 31.0 Å². The highest BCUT2D eigenvalue weighted by atomic mass is 16.5. The van der Waals surface area contributed by atoms with E-state index in [9.17, 15) is 14.4 Å². The predicted octanol–water partition coefficient (Wildman–Crippen LogP) is 0.131. The molecule has 8 nitrogen and oxygen atoms in total. The topological polar surface area (TPSA) is 114 Å². The van der Waals surface area contributed by atoms with Gasteiger partial charge in [0.05, 0.1) is 19.0 Å². The minimum Gasteiger partial charge on any atom is -0.467 e. The molecule has 8 heteroatoms. The maximum absolute atomic E-state index is 12.3. The molecule has 2 aromatic rings. The Hall–Kier alpha value is -3.03. The molecule has 0 aliphatic carbocycles. The zero-order valence-corrected chi connectivity index (χ0v) is 11.8. The first-order valence-corrected chi connectivity index (χ1v) is 6.40. The summed E-state index contributed by atoms with van der Waals surface area (Å²) in [6, 6.07) is 0.509. The third kappa shape index (κ3) is 3.54. The van der Waals surface area contributed by atoms with Gasteiger partial charge in [-0.15, -0.1) is 0 Å². The van der Waals surface area contributed by atoms with Crippen LogP contribution in [0.1, 0.15) is 26.4 Å². The van der Waals surface area contributed by atoms with Gasteiger partial charge in [0, 0.05) is 36.3 Å². The van der Waals surface area contributed by atoms with Gasteiger partial charge in [0.1, 0.15) is 6.04 Å². The van der Waals surface area contributed by atoms with Gasteiger partial charge in [-0.05, 0) is 6.07 Å². The fourth-order valence-electron chi connectivity index (χ4n) is 1.90. The van der Waals surface area contributed by atoms with Crippen molar-refractivity contribution in [2.45, 2.75) is 12.5 Å². The Morgan fingerprint density at radius 1 is 1.41 bits per heavy atom. The van der Waals surface area contributed by atoms with Crippen LogP contribution in [0.4, 0.5) is 0 Å². The maximum atomic E-state index is 12.3. The summed E-state index contributed by atoms with van der Waals surface area (Å²) in [5.74, 6) is -1.15. The van der Waals surface area contributed by atoms with Crippen LogP contribution in [0.3, 0.4) is 0 Å². The third-order valence-electron chi connectivity index (χ3n) is 2.99. The second-order valence-corrected chi connectivity index (χ2v) is 4.41. The molecule has 2 heterocycles. The van der Waals surface area contributed by atoms with Crippen LogP contribution in [-0.2, 0) is 16.0 Å². The second-order valence-electron chi connectivity index (χ2n) is 4.41. The monoisotopic (exact) mass is 302 g/mol. The number of nitrogens with zero attached hydrogens (tertiary/aromatic N) is 2. The van der Waals surface area contributed by atoms with Crippen molar-refractivity contribution in [1.82, 2.24) is 20.3 Å². The van der Waals surface area contributed by atoms with Crippen LogP contribution in [0.25, 0.3) is 0 Å². The highest BCUT2D eigenvalue weighted by molar-refractivity contribution is 6.02. The summed E-state index contributed by atoms with van der Waals surface area (Å²) in [5, 5.41) is 2.55. The van der Waals surface area contributed by atoms with Gasteiger partial charge < -0.3 is 15.0 Å². The molecular weight excluding hydrogens is 288 g/mol. The molecule has 1 amide bonds. The lowest BCUT2D eigenvalue weighted by Crippen LogP contribution is -2.43. The van der Waals surface area contributed by atoms with E-state index in [1.54, 1.807) is 6.20 Å². The van der Waals surface area contributed by atoms with Crippen LogP contribution >= 0.6 is 0 Å². The lowest BCUT2D eigenvalue weighted by atomic mass is 10.1. The van der Waals surface area contributed by atoms with Crippen molar-refractivity contribution in [2.75, 3.05) is 7.11 Å². The van der Waals surface area contributed by atoms with Crippen molar-refractivity contribution in [3.8, 4) is 0 Å². The molecule has 22 heavy (non-hydrogen) atoms. The molecule has 2 N–H and O–H groups in total. The predicted molar refractivity (Wildman–Crippen MR) is 75.2 cm³/mol. The number of carbonyl (C=O) groups is 3. The van der Waals surface area contributed by atoms with Gasteiger partial charge >= 0.3 is 5.97 Å². The van der Waals surface area contributed by atoms with Gasteiger partial charge in [-0.25, -0.2) is 9.78 Å². The van der Waals surface area contributed by atoms with Gasteiger partial charge in [0.2, 0.25) is 0 Å². The van der Waals surface area contributed by atoms with E-state index in [1.807, 2.05) is 0 Å². The number of hydrogen-bond donors (Lipinski definition) is 2. The smallest absolute Gasteiger partial charge is 0.328 e. The summed E-state index contributed by atoms with van der Waals surface area (Å²) in [7, 11) is 1.23. The second kappa shape index (κ2) is 7.11. The first-order valence-electron chi connectivity index (χ1n) is 6.40. The Morgan fingerprint density at radius 2 is 2.23 bits per heavy atom. The number of amides is 1. The summed E-state index contributed by atoms with van der Waals surface area (Å²) in [6.07, 6.45) is 6.42. The van der Waals surface area contributed by atoms with E-state index in [1.165, 1.54) is 31.9 Å². The average molecular weight is 302 g/mol. The Balaban J connectivity index is 2.17. The minimum atomic E-state index is -0.898. The van der Waals surface area contributed by atoms with Gasteiger partial charge in [-0.1, -0.05) is 0 Å². The molecule has 0 aliphatic rings. The molecule has 0 saturated carbocycles. The molecule has 2 aromatic heterocycles. The maximum Gasteiger partial charge on any atom is 0.328 e. The van der Waals surface area contributed by atoms with Crippen molar-refractivity contribution in [3.05, 3.63) is 47.8 Å². The number of ether oxygens (including phenoxy) is 1. The first kappa shape index (κ1) is 15.4. The van der Waals surface area contributed by atoms with Crippen LogP contribution in [-0.4, -0.2) is 46.3 Å². The van der Waals surface area contributed by atoms with Crippen molar-refractivity contribution >= 4 is 18.2 Å².